The van der Waals surface area contributed by atoms with Gasteiger partial charge in [0, 0.05) is 51.5 Å². The molecule has 0 atom stereocenters. The summed E-state index contributed by atoms with van der Waals surface area (Å²) in [6.07, 6.45) is 7.60. The molecule has 0 radical (unpaired) electrons. The highest BCUT2D eigenvalue weighted by atomic mass is 16.2. The van der Waals surface area contributed by atoms with Gasteiger partial charge in [-0.2, -0.15) is 5.10 Å². The number of carbonyl (C=O) groups is 1. The van der Waals surface area contributed by atoms with Crippen LogP contribution in [-0.4, -0.2) is 49.8 Å². The molecule has 0 spiro atoms. The number of carbonyl (C=O) groups excluding carboxylic acids is 1. The third kappa shape index (κ3) is 3.08. The Labute approximate surface area is 141 Å². The van der Waals surface area contributed by atoms with Gasteiger partial charge >= 0.3 is 0 Å². The van der Waals surface area contributed by atoms with E-state index in [1.807, 2.05) is 17.3 Å². The number of imidazole rings is 1. The number of likely N-dealkylation sites (tertiary alicyclic amines) is 1. The number of nitrogens with one attached hydrogen (secondary N) is 1. The summed E-state index contributed by atoms with van der Waals surface area (Å²) in [6.45, 7) is 5.48. The monoisotopic (exact) mass is 328 g/mol. The minimum absolute atomic E-state index is 0.297. The number of aromatic nitrogens is 4. The molecule has 0 bridgehead atoms. The molecule has 1 fully saturated rings. The summed E-state index contributed by atoms with van der Waals surface area (Å²) >= 11 is 0. The molecule has 7 heteroatoms. The van der Waals surface area contributed by atoms with E-state index in [2.05, 4.69) is 25.6 Å². The summed E-state index contributed by atoms with van der Waals surface area (Å²) in [4.78, 5) is 18.2. The zero-order valence-electron chi connectivity index (χ0n) is 13.9. The van der Waals surface area contributed by atoms with Crippen LogP contribution < -0.4 is 5.32 Å². The van der Waals surface area contributed by atoms with Crippen molar-refractivity contribution in [2.75, 3.05) is 19.6 Å². The largest absolute Gasteiger partial charge is 0.343 e. The SMILES string of the molecule is O=C1CCCN1CCCn1ccnc1-c1cc2n(n1)CCCNC2. The fraction of sp³-hybridized carbons (Fsp3) is 0.588. The summed E-state index contributed by atoms with van der Waals surface area (Å²) in [5.41, 5.74) is 2.16. The van der Waals surface area contributed by atoms with Crippen LogP contribution >= 0.6 is 0 Å². The fourth-order valence-corrected chi connectivity index (χ4v) is 3.57. The summed E-state index contributed by atoms with van der Waals surface area (Å²) in [7, 11) is 0. The van der Waals surface area contributed by atoms with Crippen LogP contribution in [0.3, 0.4) is 0 Å². The Morgan fingerprint density at radius 2 is 2.17 bits per heavy atom. The molecule has 2 aliphatic heterocycles. The number of hydrogen-bond donors (Lipinski definition) is 1. The quantitative estimate of drug-likeness (QED) is 0.897. The average molecular weight is 328 g/mol. The van der Waals surface area contributed by atoms with Crippen molar-refractivity contribution in [2.24, 2.45) is 0 Å². The van der Waals surface area contributed by atoms with E-state index >= 15 is 0 Å². The van der Waals surface area contributed by atoms with E-state index in [0.29, 0.717) is 12.3 Å². The van der Waals surface area contributed by atoms with Gasteiger partial charge in [0.25, 0.3) is 0 Å². The van der Waals surface area contributed by atoms with Crippen molar-refractivity contribution in [3.05, 3.63) is 24.2 Å². The van der Waals surface area contributed by atoms with E-state index in [-0.39, 0.29) is 0 Å². The van der Waals surface area contributed by atoms with Crippen LogP contribution in [0.2, 0.25) is 0 Å². The van der Waals surface area contributed by atoms with Gasteiger partial charge in [-0.05, 0) is 31.9 Å². The normalized spacial score (nSPS) is 18.0. The van der Waals surface area contributed by atoms with Crippen LogP contribution in [0.15, 0.2) is 18.5 Å². The number of aryl methyl sites for hydroxylation is 2. The molecule has 4 heterocycles. The molecule has 2 aromatic rings. The van der Waals surface area contributed by atoms with Crippen molar-refractivity contribution in [3.63, 3.8) is 0 Å². The van der Waals surface area contributed by atoms with E-state index in [0.717, 1.165) is 70.0 Å². The number of nitrogens with zero attached hydrogens (tertiary/aromatic N) is 5. The maximum absolute atomic E-state index is 11.7. The van der Waals surface area contributed by atoms with Crippen LogP contribution in [0.5, 0.6) is 0 Å². The molecule has 1 amide bonds. The highest BCUT2D eigenvalue weighted by molar-refractivity contribution is 5.77. The van der Waals surface area contributed by atoms with Crippen molar-refractivity contribution in [3.8, 4) is 11.5 Å². The molecule has 2 aromatic heterocycles. The fourth-order valence-electron chi connectivity index (χ4n) is 3.57. The summed E-state index contributed by atoms with van der Waals surface area (Å²) in [5.74, 6) is 1.22. The minimum atomic E-state index is 0.297. The first-order valence-electron chi connectivity index (χ1n) is 8.88. The van der Waals surface area contributed by atoms with Gasteiger partial charge < -0.3 is 14.8 Å². The molecule has 0 aliphatic carbocycles. The van der Waals surface area contributed by atoms with Gasteiger partial charge in [-0.15, -0.1) is 0 Å². The Bertz CT molecular complexity index is 695. The topological polar surface area (TPSA) is 68.0 Å². The van der Waals surface area contributed by atoms with Crippen LogP contribution in [0.25, 0.3) is 11.5 Å². The van der Waals surface area contributed by atoms with Crippen LogP contribution in [-0.2, 0) is 24.4 Å². The first-order valence-corrected chi connectivity index (χ1v) is 8.88. The van der Waals surface area contributed by atoms with Crippen molar-refractivity contribution in [1.29, 1.82) is 0 Å². The zero-order valence-corrected chi connectivity index (χ0v) is 13.9. The van der Waals surface area contributed by atoms with Gasteiger partial charge in [-0.1, -0.05) is 0 Å². The first kappa shape index (κ1) is 15.4. The molecule has 4 rings (SSSR count). The summed E-state index contributed by atoms with van der Waals surface area (Å²) < 4.78 is 4.24. The molecule has 0 saturated carbocycles. The molecule has 128 valence electrons. The highest BCUT2D eigenvalue weighted by Gasteiger charge is 2.20. The van der Waals surface area contributed by atoms with Gasteiger partial charge in [-0.3, -0.25) is 9.48 Å². The first-order chi connectivity index (χ1) is 11.8. The van der Waals surface area contributed by atoms with Gasteiger partial charge in [-0.25, -0.2) is 4.98 Å². The average Bonchev–Trinajstić information content (AvgIpc) is 3.26. The van der Waals surface area contributed by atoms with E-state index in [4.69, 9.17) is 5.10 Å². The Morgan fingerprint density at radius 3 is 3.04 bits per heavy atom. The number of rotatable bonds is 5. The van der Waals surface area contributed by atoms with Gasteiger partial charge in [0.15, 0.2) is 5.82 Å². The van der Waals surface area contributed by atoms with Crippen LogP contribution in [0.4, 0.5) is 0 Å². The molecule has 24 heavy (non-hydrogen) atoms. The lowest BCUT2D eigenvalue weighted by Gasteiger charge is -2.15. The molecule has 7 nitrogen and oxygen atoms in total. The summed E-state index contributed by atoms with van der Waals surface area (Å²) in [6, 6.07) is 2.14. The lowest BCUT2D eigenvalue weighted by molar-refractivity contribution is -0.127. The number of hydrogen-bond acceptors (Lipinski definition) is 4. The molecular weight excluding hydrogens is 304 g/mol. The summed E-state index contributed by atoms with van der Waals surface area (Å²) in [5, 5.41) is 8.16. The number of fused-ring (bicyclic) bond motifs is 1. The number of amides is 1. The van der Waals surface area contributed by atoms with E-state index in [1.54, 1.807) is 0 Å². The van der Waals surface area contributed by atoms with Crippen LogP contribution in [0.1, 0.15) is 31.4 Å². The second-order valence-electron chi connectivity index (χ2n) is 6.56. The highest BCUT2D eigenvalue weighted by Crippen LogP contribution is 2.19. The molecule has 1 N–H and O–H groups in total. The lowest BCUT2D eigenvalue weighted by atomic mass is 10.3. The predicted octanol–water partition coefficient (Wildman–Crippen LogP) is 1.25. The molecule has 1 saturated heterocycles. The second kappa shape index (κ2) is 6.76. The maximum Gasteiger partial charge on any atom is 0.222 e. The maximum atomic E-state index is 11.7. The van der Waals surface area contributed by atoms with Crippen molar-refractivity contribution < 1.29 is 4.79 Å². The minimum Gasteiger partial charge on any atom is -0.343 e. The van der Waals surface area contributed by atoms with Crippen molar-refractivity contribution in [1.82, 2.24) is 29.5 Å². The van der Waals surface area contributed by atoms with Crippen LogP contribution in [0, 0.1) is 0 Å². The van der Waals surface area contributed by atoms with E-state index in [1.165, 1.54) is 5.69 Å². The lowest BCUT2D eigenvalue weighted by Crippen LogP contribution is -2.26. The zero-order chi connectivity index (χ0) is 16.4. The van der Waals surface area contributed by atoms with E-state index in [9.17, 15) is 4.79 Å². The molecule has 0 unspecified atom stereocenters. The Kier molecular flexibility index (Phi) is 4.34. The smallest absolute Gasteiger partial charge is 0.222 e. The van der Waals surface area contributed by atoms with E-state index < -0.39 is 0 Å². The molecule has 2 aliphatic rings. The Balaban J connectivity index is 1.43. The molecular formula is C17H24N6O. The van der Waals surface area contributed by atoms with Gasteiger partial charge in [0.2, 0.25) is 5.91 Å². The van der Waals surface area contributed by atoms with Crippen molar-refractivity contribution >= 4 is 5.91 Å². The third-order valence-corrected chi connectivity index (χ3v) is 4.84. The van der Waals surface area contributed by atoms with Crippen molar-refractivity contribution in [2.45, 2.75) is 45.3 Å². The Morgan fingerprint density at radius 1 is 1.21 bits per heavy atom. The standard InChI is InChI=1S/C17H24N6O/c24-16-4-1-7-21(16)8-3-9-22-11-6-19-17(22)15-12-14-13-18-5-2-10-23(14)20-15/h6,11-12,18H,1-5,7-10,13H2. The predicted molar refractivity (Wildman–Crippen MR) is 90.2 cm³/mol. The second-order valence-corrected chi connectivity index (χ2v) is 6.56. The van der Waals surface area contributed by atoms with Gasteiger partial charge in [0.05, 0.1) is 5.69 Å². The third-order valence-electron chi connectivity index (χ3n) is 4.84. The molecule has 0 aromatic carbocycles. The van der Waals surface area contributed by atoms with Gasteiger partial charge in [0.1, 0.15) is 5.69 Å². The Hall–Kier alpha value is -2.15.